The summed E-state index contributed by atoms with van der Waals surface area (Å²) in [5.41, 5.74) is 3.67. The maximum atomic E-state index is 12.9. The highest BCUT2D eigenvalue weighted by Crippen LogP contribution is 2.24. The number of hydrogen-bond acceptors (Lipinski definition) is 7. The molecule has 4 rings (SSSR count). The lowest BCUT2D eigenvalue weighted by molar-refractivity contribution is -0.117. The molecular weight excluding hydrogens is 444 g/mol. The molecule has 0 bridgehead atoms. The maximum Gasteiger partial charge on any atom is 0.353 e. The average Bonchev–Trinajstić information content (AvgIpc) is 3.44. The molecule has 1 aromatic heterocycles. The summed E-state index contributed by atoms with van der Waals surface area (Å²) in [7, 11) is 0. The molecule has 8 nitrogen and oxygen atoms in total. The van der Waals surface area contributed by atoms with E-state index in [1.165, 1.54) is 41.7 Å². The Hall–Kier alpha value is -4.24. The second-order valence-electron chi connectivity index (χ2n) is 6.85. The molecule has 0 aliphatic carbocycles. The Labute approximate surface area is 193 Å². The van der Waals surface area contributed by atoms with Gasteiger partial charge in [-0.25, -0.2) is 14.6 Å². The number of nitrogens with zero attached hydrogens (tertiary/aromatic N) is 1. The molecule has 2 amide bonds. The van der Waals surface area contributed by atoms with Crippen molar-refractivity contribution in [3.05, 3.63) is 87.6 Å². The van der Waals surface area contributed by atoms with E-state index in [9.17, 15) is 19.2 Å². The molecule has 9 heteroatoms. The summed E-state index contributed by atoms with van der Waals surface area (Å²) in [6.45, 7) is 1.96. The predicted molar refractivity (Wildman–Crippen MR) is 122 cm³/mol. The first-order chi connectivity index (χ1) is 16.0. The van der Waals surface area contributed by atoms with Crippen LogP contribution in [0.3, 0.4) is 0 Å². The summed E-state index contributed by atoms with van der Waals surface area (Å²) in [6, 6.07) is 16.0. The summed E-state index contributed by atoms with van der Waals surface area (Å²) in [6.07, 6.45) is 1.42. The van der Waals surface area contributed by atoms with Crippen LogP contribution >= 0.6 is 11.3 Å². The quantitative estimate of drug-likeness (QED) is 0.260. The molecule has 1 aliphatic heterocycles. The fourth-order valence-electron chi connectivity index (χ4n) is 3.09. The van der Waals surface area contributed by atoms with Crippen LogP contribution in [0.1, 0.15) is 32.5 Å². The van der Waals surface area contributed by atoms with Crippen LogP contribution in [0.25, 0.3) is 6.08 Å². The molecular formula is C24H18N2O6S. The minimum atomic E-state index is -0.574. The molecule has 0 spiro atoms. The Bertz CT molecular complexity index is 1250. The molecule has 1 aliphatic rings. The Balaban J connectivity index is 1.51. The Morgan fingerprint density at radius 3 is 2.52 bits per heavy atom. The Kier molecular flexibility index (Phi) is 6.32. The van der Waals surface area contributed by atoms with Gasteiger partial charge in [-0.05, 0) is 66.4 Å². The zero-order valence-corrected chi connectivity index (χ0v) is 18.3. The molecule has 1 saturated heterocycles. The Morgan fingerprint density at radius 2 is 1.82 bits per heavy atom. The number of amides is 2. The van der Waals surface area contributed by atoms with Crippen LogP contribution in [-0.4, -0.2) is 30.4 Å². The molecule has 1 N–H and O–H groups in total. The van der Waals surface area contributed by atoms with Gasteiger partial charge in [-0.1, -0.05) is 18.2 Å². The number of rotatable bonds is 6. The van der Waals surface area contributed by atoms with Gasteiger partial charge in [0.05, 0.1) is 17.9 Å². The van der Waals surface area contributed by atoms with E-state index in [-0.39, 0.29) is 12.2 Å². The van der Waals surface area contributed by atoms with E-state index in [1.807, 2.05) is 0 Å². The molecule has 0 saturated carbocycles. The molecule has 0 unspecified atom stereocenters. The predicted octanol–water partition coefficient (Wildman–Crippen LogP) is 3.61. The lowest BCUT2D eigenvalue weighted by Crippen LogP contribution is -2.35. The number of carbonyl (C=O) groups is 4. The first-order valence-electron chi connectivity index (χ1n) is 9.96. The van der Waals surface area contributed by atoms with Gasteiger partial charge >= 0.3 is 11.9 Å². The van der Waals surface area contributed by atoms with Crippen LogP contribution in [0.15, 0.2) is 71.6 Å². The second-order valence-corrected chi connectivity index (χ2v) is 7.79. The largest absolute Gasteiger partial charge is 0.462 e. The van der Waals surface area contributed by atoms with Crippen LogP contribution < -0.4 is 15.2 Å². The van der Waals surface area contributed by atoms with E-state index in [1.54, 1.807) is 48.7 Å². The highest BCUT2D eigenvalue weighted by atomic mass is 32.1. The van der Waals surface area contributed by atoms with Crippen molar-refractivity contribution in [2.75, 3.05) is 11.6 Å². The highest BCUT2D eigenvalue weighted by molar-refractivity contribution is 7.12. The molecule has 2 aromatic carbocycles. The number of hydrogen-bond donors (Lipinski definition) is 1. The molecule has 0 radical (unpaired) electrons. The fraction of sp³-hybridized carbons (Fsp3) is 0.0833. The average molecular weight is 462 g/mol. The molecule has 0 atom stereocenters. The van der Waals surface area contributed by atoms with Gasteiger partial charge in [0, 0.05) is 0 Å². The number of benzene rings is 2. The maximum absolute atomic E-state index is 12.9. The van der Waals surface area contributed by atoms with Crippen molar-refractivity contribution in [3.8, 4) is 5.75 Å². The van der Waals surface area contributed by atoms with E-state index in [0.717, 1.165) is 5.01 Å². The van der Waals surface area contributed by atoms with Crippen molar-refractivity contribution in [3.63, 3.8) is 0 Å². The lowest BCUT2D eigenvalue weighted by Gasteiger charge is -2.14. The molecule has 2 heterocycles. The van der Waals surface area contributed by atoms with Crippen molar-refractivity contribution in [1.82, 2.24) is 5.43 Å². The van der Waals surface area contributed by atoms with Crippen LogP contribution in [0.5, 0.6) is 5.75 Å². The van der Waals surface area contributed by atoms with E-state index in [2.05, 4.69) is 5.43 Å². The lowest BCUT2D eigenvalue weighted by atomic mass is 10.1. The van der Waals surface area contributed by atoms with Crippen molar-refractivity contribution in [1.29, 1.82) is 0 Å². The summed E-state index contributed by atoms with van der Waals surface area (Å²) in [5, 5.41) is 2.88. The SMILES string of the molecule is CCOC(=O)c1ccc(N2NC(=O)/C(=C\c3cccc(OC(=O)c4cccs4)c3)C2=O)cc1. The highest BCUT2D eigenvalue weighted by Gasteiger charge is 2.34. The number of hydrazine groups is 1. The topological polar surface area (TPSA) is 102 Å². The van der Waals surface area contributed by atoms with Gasteiger partial charge in [0.1, 0.15) is 16.2 Å². The van der Waals surface area contributed by atoms with Crippen molar-refractivity contribution in [2.24, 2.45) is 0 Å². The van der Waals surface area contributed by atoms with Gasteiger partial charge in [-0.15, -0.1) is 11.3 Å². The normalized spacial score (nSPS) is 14.3. The fourth-order valence-corrected chi connectivity index (χ4v) is 3.69. The van der Waals surface area contributed by atoms with E-state index < -0.39 is 23.8 Å². The third-order valence-electron chi connectivity index (χ3n) is 4.63. The van der Waals surface area contributed by atoms with Crippen molar-refractivity contribution in [2.45, 2.75) is 6.92 Å². The third kappa shape index (κ3) is 4.83. The summed E-state index contributed by atoms with van der Waals surface area (Å²) < 4.78 is 10.3. The molecule has 33 heavy (non-hydrogen) atoms. The van der Waals surface area contributed by atoms with Gasteiger partial charge in [0.25, 0.3) is 11.8 Å². The molecule has 3 aromatic rings. The van der Waals surface area contributed by atoms with Crippen LogP contribution in [-0.2, 0) is 14.3 Å². The van der Waals surface area contributed by atoms with Crippen LogP contribution in [0, 0.1) is 0 Å². The van der Waals surface area contributed by atoms with Crippen LogP contribution in [0.2, 0.25) is 0 Å². The molecule has 166 valence electrons. The zero-order chi connectivity index (χ0) is 23.4. The Morgan fingerprint density at radius 1 is 1.03 bits per heavy atom. The van der Waals surface area contributed by atoms with Gasteiger partial charge in [-0.2, -0.15) is 0 Å². The second kappa shape index (κ2) is 9.49. The number of esters is 2. The number of carbonyl (C=O) groups excluding carboxylic acids is 4. The monoisotopic (exact) mass is 462 g/mol. The first kappa shape index (κ1) is 22.0. The van der Waals surface area contributed by atoms with Crippen molar-refractivity contribution < 1.29 is 28.7 Å². The third-order valence-corrected chi connectivity index (χ3v) is 5.48. The minimum absolute atomic E-state index is 0.0776. The smallest absolute Gasteiger partial charge is 0.353 e. The summed E-state index contributed by atoms with van der Waals surface area (Å²) in [4.78, 5) is 49.7. The number of ether oxygens (including phenoxy) is 2. The molecule has 1 fully saturated rings. The standard InChI is InChI=1S/C24H18N2O6S/c1-2-31-23(29)16-8-10-17(11-9-16)26-22(28)19(21(27)25-26)14-15-5-3-6-18(13-15)32-24(30)20-7-4-12-33-20/h3-14H,2H2,1H3,(H,25,27)/b19-14+. The van der Waals surface area contributed by atoms with E-state index in [4.69, 9.17) is 9.47 Å². The minimum Gasteiger partial charge on any atom is -0.462 e. The summed E-state index contributed by atoms with van der Waals surface area (Å²) in [5.74, 6) is -1.79. The number of nitrogens with one attached hydrogen (secondary N) is 1. The zero-order valence-electron chi connectivity index (χ0n) is 17.4. The van der Waals surface area contributed by atoms with Crippen molar-refractivity contribution >= 4 is 46.9 Å². The van der Waals surface area contributed by atoms with Crippen LogP contribution in [0.4, 0.5) is 5.69 Å². The van der Waals surface area contributed by atoms with Gasteiger partial charge in [0.2, 0.25) is 0 Å². The van der Waals surface area contributed by atoms with Gasteiger partial charge < -0.3 is 9.47 Å². The van der Waals surface area contributed by atoms with E-state index in [0.29, 0.717) is 27.4 Å². The first-order valence-corrected chi connectivity index (χ1v) is 10.8. The van der Waals surface area contributed by atoms with Gasteiger partial charge in [0.15, 0.2) is 0 Å². The number of thiophene rings is 1. The van der Waals surface area contributed by atoms with E-state index >= 15 is 0 Å². The summed E-state index contributed by atoms with van der Waals surface area (Å²) >= 11 is 1.27. The van der Waals surface area contributed by atoms with Gasteiger partial charge in [-0.3, -0.25) is 15.0 Å². The number of anilines is 1.